The molecule has 0 saturated carbocycles. The molecule has 84 valence electrons. The molecule has 1 N–H and O–H groups in total. The van der Waals surface area contributed by atoms with Crippen molar-refractivity contribution in [2.75, 3.05) is 18.0 Å². The third-order valence-corrected chi connectivity index (χ3v) is 3.45. The molecule has 0 radical (unpaired) electrons. The first-order chi connectivity index (χ1) is 7.82. The second kappa shape index (κ2) is 3.52. The molecule has 5 nitrogen and oxygen atoms in total. The number of carbonyl (C=O) groups is 1. The molecule has 1 spiro atoms. The highest BCUT2D eigenvalue weighted by Crippen LogP contribution is 2.39. The van der Waals surface area contributed by atoms with Crippen molar-refractivity contribution in [1.29, 1.82) is 0 Å². The number of nitrogens with one attached hydrogen (secondary N) is 1. The molecule has 2 aliphatic rings. The van der Waals surface area contributed by atoms with E-state index in [-0.39, 0.29) is 11.4 Å². The Hall–Kier alpha value is -1.49. The van der Waals surface area contributed by atoms with Crippen LogP contribution in [0.15, 0.2) is 18.6 Å². The van der Waals surface area contributed by atoms with E-state index in [1.807, 2.05) is 4.90 Å². The van der Waals surface area contributed by atoms with Gasteiger partial charge in [-0.05, 0) is 25.5 Å². The Morgan fingerprint density at radius 1 is 1.50 bits per heavy atom. The fourth-order valence-electron chi connectivity index (χ4n) is 2.69. The Balaban J connectivity index is 1.90. The lowest BCUT2D eigenvalue weighted by atomic mass is 9.78. The number of anilines is 1. The van der Waals surface area contributed by atoms with Gasteiger partial charge in [0.25, 0.3) is 0 Å². The molecule has 16 heavy (non-hydrogen) atoms. The third-order valence-electron chi connectivity index (χ3n) is 3.45. The first kappa shape index (κ1) is 9.72. The van der Waals surface area contributed by atoms with E-state index < -0.39 is 0 Å². The molecule has 0 aromatic carbocycles. The lowest BCUT2D eigenvalue weighted by Gasteiger charge is -2.53. The Morgan fingerprint density at radius 2 is 2.44 bits per heavy atom. The highest BCUT2D eigenvalue weighted by molar-refractivity contribution is 6.02. The number of amides is 1. The summed E-state index contributed by atoms with van der Waals surface area (Å²) in [6, 6.07) is 1.80. The maximum absolute atomic E-state index is 11.7. The molecule has 3 heterocycles. The topological polar surface area (TPSA) is 58.1 Å². The maximum atomic E-state index is 11.7. The zero-order valence-electron chi connectivity index (χ0n) is 9.02. The number of aromatic nitrogens is 2. The highest BCUT2D eigenvalue weighted by Gasteiger charge is 2.52. The zero-order valence-corrected chi connectivity index (χ0v) is 9.02. The second-order valence-electron chi connectivity index (χ2n) is 4.48. The standard InChI is InChI=1S/C11H14N4O/c16-10-6-11(3-1-4-12-7-11)15(10)9-2-5-13-8-14-9/h2,5,8,12H,1,3-4,6-7H2. The summed E-state index contributed by atoms with van der Waals surface area (Å²) in [6.07, 6.45) is 6.00. The van der Waals surface area contributed by atoms with Gasteiger partial charge in [-0.15, -0.1) is 0 Å². The summed E-state index contributed by atoms with van der Waals surface area (Å²) < 4.78 is 0. The van der Waals surface area contributed by atoms with Crippen molar-refractivity contribution in [3.05, 3.63) is 18.6 Å². The number of carbonyl (C=O) groups excluding carboxylic acids is 1. The van der Waals surface area contributed by atoms with Crippen molar-refractivity contribution >= 4 is 11.7 Å². The van der Waals surface area contributed by atoms with Gasteiger partial charge in [-0.3, -0.25) is 9.69 Å². The van der Waals surface area contributed by atoms with Crippen molar-refractivity contribution in [1.82, 2.24) is 15.3 Å². The zero-order chi connectivity index (χ0) is 11.0. The summed E-state index contributed by atoms with van der Waals surface area (Å²) in [6.45, 7) is 1.93. The lowest BCUT2D eigenvalue weighted by molar-refractivity contribution is -0.128. The SMILES string of the molecule is O=C1CC2(CCCNC2)N1c1ccncn1. The molecular formula is C11H14N4O. The van der Waals surface area contributed by atoms with Gasteiger partial charge in [0.05, 0.1) is 12.0 Å². The normalized spacial score (nSPS) is 29.2. The molecule has 2 saturated heterocycles. The summed E-state index contributed by atoms with van der Waals surface area (Å²) in [5.41, 5.74) is -0.0241. The minimum atomic E-state index is -0.0241. The first-order valence-corrected chi connectivity index (χ1v) is 5.62. The van der Waals surface area contributed by atoms with Gasteiger partial charge >= 0.3 is 0 Å². The van der Waals surface area contributed by atoms with Crippen molar-refractivity contribution in [2.45, 2.75) is 24.8 Å². The van der Waals surface area contributed by atoms with Gasteiger partial charge in [0.1, 0.15) is 12.1 Å². The predicted octanol–water partition coefficient (Wildman–Crippen LogP) is 0.335. The molecule has 1 unspecified atom stereocenters. The van der Waals surface area contributed by atoms with Crippen LogP contribution in [0.3, 0.4) is 0 Å². The van der Waals surface area contributed by atoms with E-state index in [0.717, 1.165) is 31.7 Å². The van der Waals surface area contributed by atoms with Gasteiger partial charge in [-0.25, -0.2) is 9.97 Å². The minimum Gasteiger partial charge on any atom is -0.314 e. The average Bonchev–Trinajstić information content (AvgIpc) is 2.31. The number of nitrogens with zero attached hydrogens (tertiary/aromatic N) is 3. The minimum absolute atomic E-state index is 0.0241. The summed E-state index contributed by atoms with van der Waals surface area (Å²) in [5, 5.41) is 3.36. The van der Waals surface area contributed by atoms with Gasteiger partial charge in [0.2, 0.25) is 5.91 Å². The van der Waals surface area contributed by atoms with Crippen LogP contribution >= 0.6 is 0 Å². The smallest absolute Gasteiger partial charge is 0.231 e. The second-order valence-corrected chi connectivity index (χ2v) is 4.48. The van der Waals surface area contributed by atoms with Crippen LogP contribution in [-0.2, 0) is 4.79 Å². The molecule has 0 bridgehead atoms. The molecular weight excluding hydrogens is 204 g/mol. The molecule has 1 aromatic rings. The van der Waals surface area contributed by atoms with E-state index in [4.69, 9.17) is 0 Å². The van der Waals surface area contributed by atoms with Gasteiger partial charge in [0.15, 0.2) is 0 Å². The van der Waals surface area contributed by atoms with E-state index >= 15 is 0 Å². The van der Waals surface area contributed by atoms with Crippen molar-refractivity contribution < 1.29 is 4.79 Å². The molecule has 1 aromatic heterocycles. The van der Waals surface area contributed by atoms with Crippen LogP contribution in [0.25, 0.3) is 0 Å². The number of piperidine rings is 1. The summed E-state index contributed by atoms with van der Waals surface area (Å²) in [7, 11) is 0. The summed E-state index contributed by atoms with van der Waals surface area (Å²) >= 11 is 0. The van der Waals surface area contributed by atoms with E-state index in [2.05, 4.69) is 15.3 Å². The third kappa shape index (κ3) is 1.31. The van der Waals surface area contributed by atoms with Crippen LogP contribution in [0.1, 0.15) is 19.3 Å². The molecule has 1 amide bonds. The Kier molecular flexibility index (Phi) is 2.14. The van der Waals surface area contributed by atoms with Crippen LogP contribution in [0.4, 0.5) is 5.82 Å². The van der Waals surface area contributed by atoms with E-state index in [9.17, 15) is 4.79 Å². The monoisotopic (exact) mass is 218 g/mol. The largest absolute Gasteiger partial charge is 0.314 e. The Labute approximate surface area is 93.9 Å². The quantitative estimate of drug-likeness (QED) is 0.690. The highest BCUT2D eigenvalue weighted by atomic mass is 16.2. The van der Waals surface area contributed by atoms with Crippen LogP contribution < -0.4 is 10.2 Å². The van der Waals surface area contributed by atoms with E-state index in [1.165, 1.54) is 6.33 Å². The number of hydrogen-bond donors (Lipinski definition) is 1. The molecule has 5 heteroatoms. The predicted molar refractivity (Wildman–Crippen MR) is 59.0 cm³/mol. The molecule has 2 fully saturated rings. The fraction of sp³-hybridized carbons (Fsp3) is 0.545. The van der Waals surface area contributed by atoms with Gasteiger partial charge in [-0.1, -0.05) is 0 Å². The van der Waals surface area contributed by atoms with Gasteiger partial charge in [0, 0.05) is 12.7 Å². The lowest BCUT2D eigenvalue weighted by Crippen LogP contribution is -2.70. The van der Waals surface area contributed by atoms with Crippen LogP contribution in [0, 0.1) is 0 Å². The van der Waals surface area contributed by atoms with Crippen LogP contribution in [-0.4, -0.2) is 34.5 Å². The molecule has 3 rings (SSSR count). The number of rotatable bonds is 1. The van der Waals surface area contributed by atoms with E-state index in [1.54, 1.807) is 12.3 Å². The van der Waals surface area contributed by atoms with Crippen molar-refractivity contribution in [2.24, 2.45) is 0 Å². The van der Waals surface area contributed by atoms with Gasteiger partial charge < -0.3 is 5.32 Å². The molecule has 0 aliphatic carbocycles. The molecule has 1 atom stereocenters. The van der Waals surface area contributed by atoms with Gasteiger partial charge in [-0.2, -0.15) is 0 Å². The maximum Gasteiger partial charge on any atom is 0.231 e. The average molecular weight is 218 g/mol. The fourth-order valence-corrected chi connectivity index (χ4v) is 2.69. The van der Waals surface area contributed by atoms with Crippen molar-refractivity contribution in [3.8, 4) is 0 Å². The van der Waals surface area contributed by atoms with E-state index in [0.29, 0.717) is 6.42 Å². The molecule has 2 aliphatic heterocycles. The summed E-state index contributed by atoms with van der Waals surface area (Å²) in [5.74, 6) is 0.900. The van der Waals surface area contributed by atoms with Crippen LogP contribution in [0.2, 0.25) is 0 Å². The Morgan fingerprint density at radius 3 is 3.06 bits per heavy atom. The first-order valence-electron chi connectivity index (χ1n) is 5.62. The van der Waals surface area contributed by atoms with Crippen LogP contribution in [0.5, 0.6) is 0 Å². The van der Waals surface area contributed by atoms with Crippen molar-refractivity contribution in [3.63, 3.8) is 0 Å². The Bertz CT molecular complexity index is 400. The number of β-lactam (4-membered cyclic amide) rings is 1. The number of hydrogen-bond acceptors (Lipinski definition) is 4. The summed E-state index contributed by atoms with van der Waals surface area (Å²) in [4.78, 5) is 21.6.